The molecule has 1 aliphatic carbocycles. The third kappa shape index (κ3) is 8.45. The highest BCUT2D eigenvalue weighted by Crippen LogP contribution is 2.50. The van der Waals surface area contributed by atoms with Crippen LogP contribution >= 0.6 is 0 Å². The van der Waals surface area contributed by atoms with E-state index >= 15 is 0 Å². The van der Waals surface area contributed by atoms with Crippen LogP contribution in [0.4, 0.5) is 11.4 Å². The molecule has 5 rings (SSSR count). The van der Waals surface area contributed by atoms with Crippen molar-refractivity contribution in [1.82, 2.24) is 14.8 Å². The second kappa shape index (κ2) is 16.3. The van der Waals surface area contributed by atoms with Gasteiger partial charge in [-0.05, 0) is 48.6 Å². The predicted molar refractivity (Wildman–Crippen MR) is 181 cm³/mol. The van der Waals surface area contributed by atoms with Crippen molar-refractivity contribution in [3.05, 3.63) is 58.4 Å². The number of hydrogen-bond donors (Lipinski definition) is 4. The molecule has 48 heavy (non-hydrogen) atoms. The van der Waals surface area contributed by atoms with Crippen molar-refractivity contribution < 1.29 is 34.1 Å². The van der Waals surface area contributed by atoms with Crippen LogP contribution in [0.1, 0.15) is 61.4 Å². The van der Waals surface area contributed by atoms with Gasteiger partial charge in [0.05, 0.1) is 69.0 Å². The van der Waals surface area contributed by atoms with E-state index in [1.54, 1.807) is 22.1 Å². The molecular formula is C35H46N6O7. The number of amides is 3. The molecule has 2 aromatic rings. The number of rotatable bonds is 16. The van der Waals surface area contributed by atoms with E-state index < -0.39 is 5.41 Å². The topological polar surface area (TPSA) is 180 Å². The SMILES string of the molecule is CCCN(CCO)C(=O)C1=Cc2ccc(C3(C(=O)Nc4cnc5c(c4)CN(C(=O)CCOCCOCCO)CC5)CC3)cc2N=C(N)C1. The van der Waals surface area contributed by atoms with Crippen molar-refractivity contribution in [3.63, 3.8) is 0 Å². The van der Waals surface area contributed by atoms with Crippen LogP contribution in [-0.2, 0) is 42.2 Å². The van der Waals surface area contributed by atoms with Gasteiger partial charge in [-0.1, -0.05) is 19.1 Å². The Bertz CT molecular complexity index is 1550. The molecule has 3 amide bonds. The minimum atomic E-state index is -0.714. The lowest BCUT2D eigenvalue weighted by atomic mass is 9.92. The van der Waals surface area contributed by atoms with Crippen LogP contribution in [0.25, 0.3) is 6.08 Å². The fraction of sp³-hybridized carbons (Fsp3) is 0.514. The van der Waals surface area contributed by atoms with Gasteiger partial charge < -0.3 is 40.5 Å². The Morgan fingerprint density at radius 3 is 2.58 bits per heavy atom. The summed E-state index contributed by atoms with van der Waals surface area (Å²) in [7, 11) is 0. The zero-order valence-corrected chi connectivity index (χ0v) is 27.6. The number of carbonyl (C=O) groups is 3. The Balaban J connectivity index is 1.23. The molecule has 0 spiro atoms. The Morgan fingerprint density at radius 1 is 1.06 bits per heavy atom. The minimum Gasteiger partial charge on any atom is -0.395 e. The van der Waals surface area contributed by atoms with E-state index in [-0.39, 0.29) is 56.9 Å². The normalized spacial score (nSPS) is 16.2. The summed E-state index contributed by atoms with van der Waals surface area (Å²) >= 11 is 0. The lowest BCUT2D eigenvalue weighted by Gasteiger charge is -2.29. The number of amidine groups is 1. The van der Waals surface area contributed by atoms with Crippen LogP contribution < -0.4 is 11.1 Å². The van der Waals surface area contributed by atoms with Gasteiger partial charge in [0, 0.05) is 55.9 Å². The molecule has 3 aliphatic rings. The Morgan fingerprint density at radius 2 is 1.85 bits per heavy atom. The first-order chi connectivity index (χ1) is 23.3. The van der Waals surface area contributed by atoms with E-state index in [0.717, 1.165) is 28.8 Å². The molecule has 0 saturated heterocycles. The number of aliphatic imine (C=N–C) groups is 1. The second-order valence-corrected chi connectivity index (χ2v) is 12.4. The lowest BCUT2D eigenvalue weighted by molar-refractivity contribution is -0.133. The van der Waals surface area contributed by atoms with E-state index in [4.69, 9.17) is 20.3 Å². The van der Waals surface area contributed by atoms with Crippen LogP contribution in [0.15, 0.2) is 41.0 Å². The maximum absolute atomic E-state index is 13.7. The molecule has 1 aromatic carbocycles. The summed E-state index contributed by atoms with van der Waals surface area (Å²) in [5, 5.41) is 21.2. The van der Waals surface area contributed by atoms with Gasteiger partial charge in [0.2, 0.25) is 17.7 Å². The van der Waals surface area contributed by atoms with Crippen LogP contribution in [0.3, 0.4) is 0 Å². The number of aliphatic hydroxyl groups excluding tert-OH is 2. The standard InChI is InChI=1S/C35H46N6O7/c1-2-9-40(11-12-42)33(45)25-18-24-3-4-27(21-30(24)39-31(36)20-25)35(7-8-35)34(46)38-28-19-26-23-41(10-5-29(26)37-22-28)32(44)6-14-47-16-17-48-15-13-43/h3-4,18-19,21-22,42-43H,2,5-17,20,23H2,1H3,(H2,36,39)(H,38,46). The van der Waals surface area contributed by atoms with Gasteiger partial charge in [0.25, 0.3) is 0 Å². The number of pyridine rings is 1. The van der Waals surface area contributed by atoms with Crippen LogP contribution in [0, 0.1) is 0 Å². The maximum atomic E-state index is 13.7. The van der Waals surface area contributed by atoms with E-state index in [1.807, 2.05) is 31.2 Å². The van der Waals surface area contributed by atoms with Crippen LogP contribution in [-0.4, -0.2) is 108 Å². The molecular weight excluding hydrogens is 616 g/mol. The highest BCUT2D eigenvalue weighted by molar-refractivity contribution is 6.06. The molecule has 2 aliphatic heterocycles. The van der Waals surface area contributed by atoms with Crippen LogP contribution in [0.5, 0.6) is 0 Å². The van der Waals surface area contributed by atoms with E-state index in [2.05, 4.69) is 15.3 Å². The summed E-state index contributed by atoms with van der Waals surface area (Å²) in [5.41, 5.74) is 10.6. The summed E-state index contributed by atoms with van der Waals surface area (Å²) in [4.78, 5) is 52.4. The molecule has 0 bridgehead atoms. The van der Waals surface area contributed by atoms with Gasteiger partial charge >= 0.3 is 0 Å². The van der Waals surface area contributed by atoms with Gasteiger partial charge in [-0.3, -0.25) is 19.4 Å². The summed E-state index contributed by atoms with van der Waals surface area (Å²) in [6, 6.07) is 7.58. The zero-order chi connectivity index (χ0) is 34.1. The largest absolute Gasteiger partial charge is 0.395 e. The number of nitrogens with zero attached hydrogens (tertiary/aromatic N) is 4. The smallest absolute Gasteiger partial charge is 0.250 e. The van der Waals surface area contributed by atoms with Crippen molar-refractivity contribution in [1.29, 1.82) is 0 Å². The van der Waals surface area contributed by atoms with E-state index in [9.17, 15) is 19.5 Å². The predicted octanol–water partition coefficient (Wildman–Crippen LogP) is 2.06. The lowest BCUT2D eigenvalue weighted by Crippen LogP contribution is -2.37. The number of nitrogens with one attached hydrogen (secondary N) is 1. The highest BCUT2D eigenvalue weighted by Gasteiger charge is 2.51. The monoisotopic (exact) mass is 662 g/mol. The summed E-state index contributed by atoms with van der Waals surface area (Å²) in [6.07, 6.45) is 6.69. The molecule has 5 N–H and O–H groups in total. The molecule has 1 saturated carbocycles. The third-order valence-corrected chi connectivity index (χ3v) is 8.88. The molecule has 13 heteroatoms. The van der Waals surface area contributed by atoms with E-state index in [0.29, 0.717) is 81.5 Å². The fourth-order valence-corrected chi connectivity index (χ4v) is 6.17. The molecule has 0 unspecified atom stereocenters. The molecule has 1 aromatic heterocycles. The number of anilines is 1. The minimum absolute atomic E-state index is 0.00965. The first kappa shape index (κ1) is 35.1. The zero-order valence-electron chi connectivity index (χ0n) is 27.6. The summed E-state index contributed by atoms with van der Waals surface area (Å²) in [6.45, 7) is 4.88. The van der Waals surface area contributed by atoms with Gasteiger partial charge in [-0.2, -0.15) is 0 Å². The van der Waals surface area contributed by atoms with Crippen molar-refractivity contribution in [2.45, 2.75) is 57.4 Å². The Kier molecular flexibility index (Phi) is 11.9. The number of fused-ring (bicyclic) bond motifs is 2. The third-order valence-electron chi connectivity index (χ3n) is 8.88. The van der Waals surface area contributed by atoms with Crippen LogP contribution in [0.2, 0.25) is 0 Å². The number of carbonyl (C=O) groups excluding carboxylic acids is 3. The fourth-order valence-electron chi connectivity index (χ4n) is 6.17. The van der Waals surface area contributed by atoms with Crippen molar-refractivity contribution in [2.24, 2.45) is 10.7 Å². The Hall–Kier alpha value is -4.17. The first-order valence-corrected chi connectivity index (χ1v) is 16.7. The summed E-state index contributed by atoms with van der Waals surface area (Å²) < 4.78 is 10.6. The number of nitrogens with two attached hydrogens (primary N) is 1. The van der Waals surface area contributed by atoms with Gasteiger partial charge in [0.1, 0.15) is 5.84 Å². The number of aromatic nitrogens is 1. The molecule has 13 nitrogen and oxygen atoms in total. The van der Waals surface area contributed by atoms with Crippen molar-refractivity contribution in [2.75, 3.05) is 64.6 Å². The maximum Gasteiger partial charge on any atom is 0.250 e. The number of benzene rings is 1. The summed E-state index contributed by atoms with van der Waals surface area (Å²) in [5.74, 6) is -0.00548. The molecule has 0 radical (unpaired) electrons. The number of ether oxygens (including phenoxy) is 2. The van der Waals surface area contributed by atoms with Gasteiger partial charge in [-0.25, -0.2) is 4.99 Å². The first-order valence-electron chi connectivity index (χ1n) is 16.7. The second-order valence-electron chi connectivity index (χ2n) is 12.4. The average Bonchev–Trinajstić information content (AvgIpc) is 3.91. The quantitative estimate of drug-likeness (QED) is 0.196. The molecule has 258 valence electrons. The molecule has 0 atom stereocenters. The van der Waals surface area contributed by atoms with E-state index in [1.165, 1.54) is 0 Å². The average molecular weight is 663 g/mol. The highest BCUT2D eigenvalue weighted by atomic mass is 16.5. The van der Waals surface area contributed by atoms with Gasteiger partial charge in [-0.15, -0.1) is 0 Å². The molecule has 3 heterocycles. The van der Waals surface area contributed by atoms with Crippen molar-refractivity contribution >= 4 is 41.0 Å². The number of hydrogen-bond acceptors (Lipinski definition) is 10. The van der Waals surface area contributed by atoms with Crippen molar-refractivity contribution in [3.8, 4) is 0 Å². The Labute approximate surface area is 280 Å². The van der Waals surface area contributed by atoms with Gasteiger partial charge in [0.15, 0.2) is 0 Å². The molecule has 1 fully saturated rings. The number of aliphatic hydroxyl groups is 2.